The number of nitrogens with two attached hydrogens (primary N) is 2. The van der Waals surface area contributed by atoms with Crippen LogP contribution in [0.15, 0.2) is 4.99 Å². The lowest BCUT2D eigenvalue weighted by Crippen LogP contribution is -2.50. The molecule has 0 aliphatic carbocycles. The normalized spacial score (nSPS) is 13.6. The Labute approximate surface area is 77.7 Å². The number of nitrogens with zero attached hydrogens (tertiary/aromatic N) is 1. The number of nitrogens with one attached hydrogen (secondary N) is 2. The third-order valence-corrected chi connectivity index (χ3v) is 1.41. The van der Waals surface area contributed by atoms with Crippen molar-refractivity contribution >= 4 is 11.9 Å². The predicted molar refractivity (Wildman–Crippen MR) is 51.7 cm³/mol. The molecule has 0 aromatic carbocycles. The smallest absolute Gasteiger partial charge is 0.239 e. The zero-order valence-electron chi connectivity index (χ0n) is 8.00. The van der Waals surface area contributed by atoms with Crippen molar-refractivity contribution in [1.29, 1.82) is 0 Å². The molecule has 0 heterocycles. The molecule has 1 atom stereocenters. The number of hydrogen-bond donors (Lipinski definition) is 4. The summed E-state index contributed by atoms with van der Waals surface area (Å²) < 4.78 is 0. The average Bonchev–Trinajstić information content (AvgIpc) is 2.11. The van der Waals surface area contributed by atoms with Gasteiger partial charge in [-0.05, 0) is 13.3 Å². The van der Waals surface area contributed by atoms with E-state index in [4.69, 9.17) is 11.6 Å². The number of rotatable bonds is 4. The lowest BCUT2D eigenvalue weighted by molar-refractivity contribution is -0.119. The first-order valence-electron chi connectivity index (χ1n) is 4.18. The maximum absolute atomic E-state index is 10.7. The minimum absolute atomic E-state index is 0.383. The number of hydrazine groups is 1. The summed E-state index contributed by atoms with van der Waals surface area (Å²) in [6, 6.07) is -0.480. The third-order valence-electron chi connectivity index (χ3n) is 1.41. The second-order valence-corrected chi connectivity index (χ2v) is 2.64. The van der Waals surface area contributed by atoms with Crippen LogP contribution in [0, 0.1) is 0 Å². The van der Waals surface area contributed by atoms with Crippen LogP contribution in [0.1, 0.15) is 20.3 Å². The molecule has 0 aromatic heterocycles. The molecular weight excluding hydrogens is 170 g/mol. The van der Waals surface area contributed by atoms with Gasteiger partial charge in [-0.1, -0.05) is 6.92 Å². The molecule has 0 radical (unpaired) electrons. The van der Waals surface area contributed by atoms with Gasteiger partial charge >= 0.3 is 0 Å². The van der Waals surface area contributed by atoms with Gasteiger partial charge in [-0.25, -0.2) is 5.84 Å². The lowest BCUT2D eigenvalue weighted by Gasteiger charge is -2.12. The van der Waals surface area contributed by atoms with E-state index >= 15 is 0 Å². The molecule has 0 aliphatic heterocycles. The van der Waals surface area contributed by atoms with Gasteiger partial charge in [0.05, 0.1) is 0 Å². The van der Waals surface area contributed by atoms with Crippen LogP contribution in [-0.2, 0) is 4.79 Å². The number of hydrogen-bond acceptors (Lipinski definition) is 3. The SMILES string of the molecule is CCCN=C(NN)NC(C)C(N)=O. The van der Waals surface area contributed by atoms with Crippen molar-refractivity contribution in [3.8, 4) is 0 Å². The number of carbonyl (C=O) groups is 1. The van der Waals surface area contributed by atoms with Gasteiger partial charge in [0.25, 0.3) is 0 Å². The summed E-state index contributed by atoms with van der Waals surface area (Å²) >= 11 is 0. The van der Waals surface area contributed by atoms with Gasteiger partial charge in [0.15, 0.2) is 0 Å². The highest BCUT2D eigenvalue weighted by atomic mass is 16.1. The van der Waals surface area contributed by atoms with E-state index in [1.807, 2.05) is 6.92 Å². The van der Waals surface area contributed by atoms with E-state index in [0.717, 1.165) is 6.42 Å². The fraction of sp³-hybridized carbons (Fsp3) is 0.714. The van der Waals surface area contributed by atoms with Crippen LogP contribution >= 0.6 is 0 Å². The topological polar surface area (TPSA) is 106 Å². The Balaban J connectivity index is 4.04. The molecule has 0 saturated carbocycles. The van der Waals surface area contributed by atoms with Gasteiger partial charge < -0.3 is 11.1 Å². The lowest BCUT2D eigenvalue weighted by atomic mass is 10.3. The van der Waals surface area contributed by atoms with E-state index < -0.39 is 11.9 Å². The summed E-state index contributed by atoms with van der Waals surface area (Å²) in [6.07, 6.45) is 0.914. The zero-order chi connectivity index (χ0) is 10.3. The fourth-order valence-corrected chi connectivity index (χ4v) is 0.633. The number of aliphatic imine (C=N–C) groups is 1. The Bertz CT molecular complexity index is 191. The van der Waals surface area contributed by atoms with Crippen LogP contribution in [0.3, 0.4) is 0 Å². The average molecular weight is 187 g/mol. The molecule has 0 saturated heterocycles. The number of amides is 1. The van der Waals surface area contributed by atoms with Crippen molar-refractivity contribution in [2.45, 2.75) is 26.3 Å². The van der Waals surface area contributed by atoms with Crippen molar-refractivity contribution in [1.82, 2.24) is 10.7 Å². The quantitative estimate of drug-likeness (QED) is 0.189. The van der Waals surface area contributed by atoms with Crippen molar-refractivity contribution in [2.75, 3.05) is 6.54 Å². The molecular formula is C7H17N5O. The first kappa shape index (κ1) is 11.7. The molecule has 6 heteroatoms. The van der Waals surface area contributed by atoms with Crippen LogP contribution < -0.4 is 22.3 Å². The number of primary amides is 1. The molecule has 1 unspecified atom stereocenters. The van der Waals surface area contributed by atoms with Crippen LogP contribution in [0.4, 0.5) is 0 Å². The highest BCUT2D eigenvalue weighted by Gasteiger charge is 2.08. The van der Waals surface area contributed by atoms with Gasteiger partial charge in [0.2, 0.25) is 11.9 Å². The van der Waals surface area contributed by atoms with Crippen LogP contribution in [0.2, 0.25) is 0 Å². The van der Waals surface area contributed by atoms with Gasteiger partial charge in [0.1, 0.15) is 6.04 Å². The molecule has 0 fully saturated rings. The van der Waals surface area contributed by atoms with Gasteiger partial charge in [-0.15, -0.1) is 0 Å². The molecule has 0 aromatic rings. The predicted octanol–water partition coefficient (Wildman–Crippen LogP) is -1.32. The van der Waals surface area contributed by atoms with E-state index in [1.165, 1.54) is 0 Å². The molecule has 0 spiro atoms. The molecule has 0 rings (SSSR count). The first-order valence-corrected chi connectivity index (χ1v) is 4.18. The van der Waals surface area contributed by atoms with E-state index in [9.17, 15) is 4.79 Å². The Morgan fingerprint density at radius 2 is 2.23 bits per heavy atom. The Kier molecular flexibility index (Phi) is 5.62. The summed E-state index contributed by atoms with van der Waals surface area (Å²) in [5.41, 5.74) is 7.40. The fourth-order valence-electron chi connectivity index (χ4n) is 0.633. The van der Waals surface area contributed by atoms with E-state index in [2.05, 4.69) is 15.7 Å². The van der Waals surface area contributed by atoms with Gasteiger partial charge in [-0.2, -0.15) is 0 Å². The molecule has 1 amide bonds. The number of guanidine groups is 1. The van der Waals surface area contributed by atoms with Crippen molar-refractivity contribution in [3.63, 3.8) is 0 Å². The minimum Gasteiger partial charge on any atom is -0.368 e. The maximum Gasteiger partial charge on any atom is 0.239 e. The molecule has 6 nitrogen and oxygen atoms in total. The summed E-state index contributed by atoms with van der Waals surface area (Å²) in [7, 11) is 0. The van der Waals surface area contributed by atoms with Crippen LogP contribution in [0.5, 0.6) is 0 Å². The summed E-state index contributed by atoms with van der Waals surface area (Å²) in [4.78, 5) is 14.7. The molecule has 0 aliphatic rings. The first-order chi connectivity index (χ1) is 6.11. The standard InChI is InChI=1S/C7H17N5O/c1-3-4-10-7(12-9)11-5(2)6(8)13/h5H,3-4,9H2,1-2H3,(H2,8,13)(H2,10,11,12). The molecule has 6 N–H and O–H groups in total. The van der Waals surface area contributed by atoms with Crippen molar-refractivity contribution in [2.24, 2.45) is 16.6 Å². The Morgan fingerprint density at radius 3 is 2.62 bits per heavy atom. The van der Waals surface area contributed by atoms with Gasteiger partial charge in [-0.3, -0.25) is 15.2 Å². The number of carbonyl (C=O) groups excluding carboxylic acids is 1. The Morgan fingerprint density at radius 1 is 1.62 bits per heavy atom. The van der Waals surface area contributed by atoms with E-state index in [0.29, 0.717) is 12.5 Å². The van der Waals surface area contributed by atoms with Gasteiger partial charge in [0, 0.05) is 6.54 Å². The highest BCUT2D eigenvalue weighted by Crippen LogP contribution is 1.81. The third kappa shape index (κ3) is 5.02. The van der Waals surface area contributed by atoms with Crippen LogP contribution in [0.25, 0.3) is 0 Å². The Hall–Kier alpha value is -1.30. The van der Waals surface area contributed by atoms with Crippen molar-refractivity contribution in [3.05, 3.63) is 0 Å². The summed E-state index contributed by atoms with van der Waals surface area (Å²) in [5, 5.41) is 2.74. The van der Waals surface area contributed by atoms with E-state index in [-0.39, 0.29) is 0 Å². The minimum atomic E-state index is -0.480. The monoisotopic (exact) mass is 187 g/mol. The van der Waals surface area contributed by atoms with E-state index in [1.54, 1.807) is 6.92 Å². The molecule has 13 heavy (non-hydrogen) atoms. The second kappa shape index (κ2) is 6.24. The summed E-state index contributed by atoms with van der Waals surface area (Å²) in [5.74, 6) is 5.10. The largest absolute Gasteiger partial charge is 0.368 e. The molecule has 76 valence electrons. The molecule has 0 bridgehead atoms. The summed E-state index contributed by atoms with van der Waals surface area (Å²) in [6.45, 7) is 4.29. The van der Waals surface area contributed by atoms with Crippen molar-refractivity contribution < 1.29 is 4.79 Å². The second-order valence-electron chi connectivity index (χ2n) is 2.64. The van der Waals surface area contributed by atoms with Crippen LogP contribution in [-0.4, -0.2) is 24.5 Å². The maximum atomic E-state index is 10.7. The zero-order valence-corrected chi connectivity index (χ0v) is 8.00. The highest BCUT2D eigenvalue weighted by molar-refractivity contribution is 5.87.